The van der Waals surface area contributed by atoms with E-state index in [4.69, 9.17) is 9.84 Å². The summed E-state index contributed by atoms with van der Waals surface area (Å²) in [7, 11) is 0. The van der Waals surface area contributed by atoms with Gasteiger partial charge in [-0.25, -0.2) is 0 Å². The first-order chi connectivity index (χ1) is 6.09. The number of ether oxygens (including phenoxy) is 1. The number of aliphatic hydroxyl groups is 1. The van der Waals surface area contributed by atoms with Gasteiger partial charge in [-0.05, 0) is 0 Å². The minimum atomic E-state index is -1.04. The fourth-order valence-corrected chi connectivity index (χ4v) is 2.23. The van der Waals surface area contributed by atoms with Gasteiger partial charge in [0.1, 0.15) is 6.10 Å². The number of hydrogen-bond donors (Lipinski definition) is 2. The lowest BCUT2D eigenvalue weighted by molar-refractivity contribution is -0.146. The molecule has 0 aromatic rings. The summed E-state index contributed by atoms with van der Waals surface area (Å²) in [5.74, 6) is -2.57. The van der Waals surface area contributed by atoms with Crippen LogP contribution >= 0.6 is 0 Å². The van der Waals surface area contributed by atoms with Crippen LogP contribution < -0.4 is 0 Å². The number of fused-ring (bicyclic) bond motifs is 1. The van der Waals surface area contributed by atoms with Crippen molar-refractivity contribution in [3.63, 3.8) is 0 Å². The molecule has 0 spiro atoms. The normalized spacial score (nSPS) is 43.0. The van der Waals surface area contributed by atoms with Crippen LogP contribution in [0.3, 0.4) is 0 Å². The molecule has 1 heterocycles. The number of hydrogen-bond acceptors (Lipinski definition) is 4. The second-order valence-electron chi connectivity index (χ2n) is 3.56. The first-order valence-electron chi connectivity index (χ1n) is 4.20. The molecule has 0 radical (unpaired) electrons. The van der Waals surface area contributed by atoms with Gasteiger partial charge >= 0.3 is 11.9 Å². The van der Waals surface area contributed by atoms with Gasteiger partial charge in [0.05, 0.1) is 18.4 Å². The van der Waals surface area contributed by atoms with E-state index in [1.807, 2.05) is 0 Å². The van der Waals surface area contributed by atoms with Crippen molar-refractivity contribution in [1.82, 2.24) is 0 Å². The molecule has 2 aliphatic rings. The highest BCUT2D eigenvalue weighted by Gasteiger charge is 2.52. The van der Waals surface area contributed by atoms with E-state index in [9.17, 15) is 14.7 Å². The van der Waals surface area contributed by atoms with E-state index in [-0.39, 0.29) is 30.8 Å². The maximum absolute atomic E-state index is 10.8. The van der Waals surface area contributed by atoms with Crippen LogP contribution in [-0.2, 0) is 14.3 Å². The summed E-state index contributed by atoms with van der Waals surface area (Å²) in [6.45, 7) is 0. The van der Waals surface area contributed by atoms with E-state index in [2.05, 4.69) is 0 Å². The average Bonchev–Trinajstić information content (AvgIpc) is 2.41. The number of carboxylic acid groups (broad SMARTS) is 1. The summed E-state index contributed by atoms with van der Waals surface area (Å²) in [5, 5.41) is 18.2. The molecule has 5 heteroatoms. The van der Waals surface area contributed by atoms with Crippen molar-refractivity contribution < 1.29 is 24.5 Å². The third-order valence-corrected chi connectivity index (χ3v) is 2.80. The zero-order valence-corrected chi connectivity index (χ0v) is 6.84. The van der Waals surface area contributed by atoms with Gasteiger partial charge in [0.15, 0.2) is 0 Å². The summed E-state index contributed by atoms with van der Waals surface area (Å²) < 4.78 is 4.87. The zero-order chi connectivity index (χ0) is 9.59. The molecule has 1 saturated heterocycles. The monoisotopic (exact) mass is 186 g/mol. The summed E-state index contributed by atoms with van der Waals surface area (Å²) in [6, 6.07) is 0. The van der Waals surface area contributed by atoms with Gasteiger partial charge < -0.3 is 14.9 Å². The Kier molecular flexibility index (Phi) is 1.76. The van der Waals surface area contributed by atoms with Crippen molar-refractivity contribution in [2.45, 2.75) is 25.0 Å². The average molecular weight is 186 g/mol. The third kappa shape index (κ3) is 1.19. The van der Waals surface area contributed by atoms with E-state index in [0.717, 1.165) is 0 Å². The van der Waals surface area contributed by atoms with Crippen LogP contribution in [0.2, 0.25) is 0 Å². The Balaban J connectivity index is 2.19. The highest BCUT2D eigenvalue weighted by atomic mass is 16.6. The molecule has 1 aliphatic heterocycles. The summed E-state index contributed by atoms with van der Waals surface area (Å²) in [5.41, 5.74) is 0. The molecule has 0 unspecified atom stereocenters. The van der Waals surface area contributed by atoms with E-state index in [1.54, 1.807) is 0 Å². The minimum absolute atomic E-state index is 0.124. The molecule has 1 aliphatic carbocycles. The molecule has 5 nitrogen and oxygen atoms in total. The number of carbonyl (C=O) groups excluding carboxylic acids is 1. The summed E-state index contributed by atoms with van der Waals surface area (Å²) >= 11 is 0. The number of esters is 1. The smallest absolute Gasteiger partial charge is 0.309 e. The fraction of sp³-hybridized carbons (Fsp3) is 0.750. The van der Waals surface area contributed by atoms with Gasteiger partial charge in [0.25, 0.3) is 0 Å². The van der Waals surface area contributed by atoms with E-state index < -0.39 is 18.0 Å². The number of rotatable bonds is 1. The zero-order valence-electron chi connectivity index (χ0n) is 6.84. The maximum Gasteiger partial charge on any atom is 0.309 e. The van der Waals surface area contributed by atoms with Crippen LogP contribution in [0.15, 0.2) is 0 Å². The second-order valence-corrected chi connectivity index (χ2v) is 3.56. The summed E-state index contributed by atoms with van der Waals surface area (Å²) in [4.78, 5) is 21.6. The number of carbonyl (C=O) groups is 2. The highest BCUT2D eigenvalue weighted by molar-refractivity contribution is 5.77. The second kappa shape index (κ2) is 2.70. The largest absolute Gasteiger partial charge is 0.481 e. The molecule has 0 amide bonds. The Bertz CT molecular complexity index is 261. The fourth-order valence-electron chi connectivity index (χ4n) is 2.23. The SMILES string of the molecule is O=C1C[C@@H]2[C@@H](C(=O)O)[C@H](O)C[C@@H]2O1. The van der Waals surface area contributed by atoms with E-state index in [1.165, 1.54) is 0 Å². The predicted molar refractivity (Wildman–Crippen MR) is 39.7 cm³/mol. The lowest BCUT2D eigenvalue weighted by atomic mass is 9.92. The maximum atomic E-state index is 10.8. The molecular weight excluding hydrogens is 176 g/mol. The topological polar surface area (TPSA) is 83.8 Å². The Labute approximate surface area is 74.3 Å². The molecule has 2 fully saturated rings. The molecule has 4 atom stereocenters. The molecule has 2 rings (SSSR count). The van der Waals surface area contributed by atoms with Crippen LogP contribution in [0.1, 0.15) is 12.8 Å². The predicted octanol–water partition coefficient (Wildman–Crippen LogP) is -0.617. The molecular formula is C8H10O5. The van der Waals surface area contributed by atoms with Crippen LogP contribution in [0, 0.1) is 11.8 Å². The molecule has 0 aromatic heterocycles. The van der Waals surface area contributed by atoms with E-state index in [0.29, 0.717) is 0 Å². The Hall–Kier alpha value is -1.10. The molecule has 2 N–H and O–H groups in total. The van der Waals surface area contributed by atoms with Gasteiger partial charge in [-0.1, -0.05) is 0 Å². The van der Waals surface area contributed by atoms with Crippen molar-refractivity contribution in [2.75, 3.05) is 0 Å². The van der Waals surface area contributed by atoms with Crippen LogP contribution in [0.5, 0.6) is 0 Å². The minimum Gasteiger partial charge on any atom is -0.481 e. The first-order valence-corrected chi connectivity index (χ1v) is 4.20. The van der Waals surface area contributed by atoms with Crippen LogP contribution in [-0.4, -0.2) is 34.4 Å². The summed E-state index contributed by atoms with van der Waals surface area (Å²) in [6.07, 6.45) is -0.879. The van der Waals surface area contributed by atoms with Crippen molar-refractivity contribution in [1.29, 1.82) is 0 Å². The van der Waals surface area contributed by atoms with Gasteiger partial charge in [-0.3, -0.25) is 9.59 Å². The molecule has 0 aromatic carbocycles. The number of aliphatic hydroxyl groups excluding tert-OH is 1. The standard InChI is InChI=1S/C8H10O5/c9-4-2-5-3(1-6(10)13-5)7(4)8(11)12/h3-5,7,9H,1-2H2,(H,11,12)/t3-,4+,5-,7+/m0/s1. The molecule has 1 saturated carbocycles. The Morgan fingerprint density at radius 2 is 2.23 bits per heavy atom. The first kappa shape index (κ1) is 8.50. The quantitative estimate of drug-likeness (QED) is 0.533. The molecule has 72 valence electrons. The molecule has 13 heavy (non-hydrogen) atoms. The lowest BCUT2D eigenvalue weighted by Gasteiger charge is -2.12. The molecule has 0 bridgehead atoms. The van der Waals surface area contributed by atoms with Crippen LogP contribution in [0.25, 0.3) is 0 Å². The Morgan fingerprint density at radius 1 is 1.54 bits per heavy atom. The van der Waals surface area contributed by atoms with Gasteiger partial charge in [-0.2, -0.15) is 0 Å². The van der Waals surface area contributed by atoms with Crippen LogP contribution in [0.4, 0.5) is 0 Å². The third-order valence-electron chi connectivity index (χ3n) is 2.80. The number of carboxylic acids is 1. The van der Waals surface area contributed by atoms with Crippen molar-refractivity contribution in [2.24, 2.45) is 11.8 Å². The van der Waals surface area contributed by atoms with Gasteiger partial charge in [0, 0.05) is 12.3 Å². The number of aliphatic carboxylic acids is 1. The lowest BCUT2D eigenvalue weighted by Crippen LogP contribution is -2.28. The van der Waals surface area contributed by atoms with Gasteiger partial charge in [0.2, 0.25) is 0 Å². The highest BCUT2D eigenvalue weighted by Crippen LogP contribution is 2.41. The Morgan fingerprint density at radius 3 is 2.85 bits per heavy atom. The van der Waals surface area contributed by atoms with Crippen molar-refractivity contribution in [3.05, 3.63) is 0 Å². The van der Waals surface area contributed by atoms with Gasteiger partial charge in [-0.15, -0.1) is 0 Å². The van der Waals surface area contributed by atoms with E-state index >= 15 is 0 Å². The van der Waals surface area contributed by atoms with Crippen molar-refractivity contribution >= 4 is 11.9 Å². The van der Waals surface area contributed by atoms with Crippen molar-refractivity contribution in [3.8, 4) is 0 Å².